The van der Waals surface area contributed by atoms with Gasteiger partial charge < -0.3 is 11.1 Å². The summed E-state index contributed by atoms with van der Waals surface area (Å²) in [6, 6.07) is 0.181. The largest absolute Gasteiger partial charge is 0.352 e. The summed E-state index contributed by atoms with van der Waals surface area (Å²) in [6.45, 7) is 6.80. The summed E-state index contributed by atoms with van der Waals surface area (Å²) in [5.41, 5.74) is 6.10. The zero-order valence-electron chi connectivity index (χ0n) is 10.7. The number of hydrogen-bond acceptors (Lipinski definition) is 4. The number of nitrogens with one attached hydrogen (secondary N) is 1. The second-order valence-electron chi connectivity index (χ2n) is 4.71. The standard InChI is InChI=1S/C11H21N5O/c1-8(2)4-9(3)13-11(17)7-16-6-10(5-12)14-15-16/h6,8-9H,4-5,7,12H2,1-3H3,(H,13,17). The summed E-state index contributed by atoms with van der Waals surface area (Å²) in [5.74, 6) is 0.520. The Hall–Kier alpha value is -1.43. The molecule has 1 rings (SSSR count). The van der Waals surface area contributed by atoms with Crippen LogP contribution in [0.15, 0.2) is 6.20 Å². The van der Waals surface area contributed by atoms with Gasteiger partial charge in [-0.05, 0) is 19.3 Å². The number of hydrogen-bond donors (Lipinski definition) is 2. The van der Waals surface area contributed by atoms with Crippen molar-refractivity contribution in [2.45, 2.75) is 46.3 Å². The minimum Gasteiger partial charge on any atom is -0.352 e. The van der Waals surface area contributed by atoms with Crippen LogP contribution < -0.4 is 11.1 Å². The van der Waals surface area contributed by atoms with Crippen LogP contribution in [0.4, 0.5) is 0 Å². The fourth-order valence-electron chi connectivity index (χ4n) is 1.74. The molecule has 6 heteroatoms. The lowest BCUT2D eigenvalue weighted by atomic mass is 10.1. The molecule has 0 aliphatic carbocycles. The van der Waals surface area contributed by atoms with Gasteiger partial charge in [-0.1, -0.05) is 19.1 Å². The Balaban J connectivity index is 2.38. The van der Waals surface area contributed by atoms with Gasteiger partial charge in [-0.2, -0.15) is 0 Å². The van der Waals surface area contributed by atoms with Crippen LogP contribution in [0.5, 0.6) is 0 Å². The van der Waals surface area contributed by atoms with E-state index in [1.807, 2.05) is 6.92 Å². The van der Waals surface area contributed by atoms with E-state index in [2.05, 4.69) is 29.5 Å². The van der Waals surface area contributed by atoms with Gasteiger partial charge in [0.25, 0.3) is 0 Å². The number of rotatable bonds is 6. The maximum absolute atomic E-state index is 11.7. The van der Waals surface area contributed by atoms with Crippen molar-refractivity contribution in [1.82, 2.24) is 20.3 Å². The molecular weight excluding hydrogens is 218 g/mol. The molecule has 0 saturated carbocycles. The molecule has 3 N–H and O–H groups in total. The number of aromatic nitrogens is 3. The Morgan fingerprint density at radius 1 is 1.53 bits per heavy atom. The monoisotopic (exact) mass is 239 g/mol. The Labute approximate surface area is 102 Å². The molecule has 17 heavy (non-hydrogen) atoms. The van der Waals surface area contributed by atoms with Crippen LogP contribution in [0.1, 0.15) is 32.9 Å². The SMILES string of the molecule is CC(C)CC(C)NC(=O)Cn1cc(CN)nn1. The van der Waals surface area contributed by atoms with E-state index in [1.165, 1.54) is 4.68 Å². The van der Waals surface area contributed by atoms with Crippen molar-refractivity contribution in [2.24, 2.45) is 11.7 Å². The third-order valence-electron chi connectivity index (χ3n) is 2.33. The van der Waals surface area contributed by atoms with Gasteiger partial charge in [0, 0.05) is 12.6 Å². The summed E-state index contributed by atoms with van der Waals surface area (Å²) in [4.78, 5) is 11.7. The van der Waals surface area contributed by atoms with E-state index in [4.69, 9.17) is 5.73 Å². The van der Waals surface area contributed by atoms with Crippen molar-refractivity contribution >= 4 is 5.91 Å². The molecule has 6 nitrogen and oxygen atoms in total. The Bertz CT molecular complexity index is 360. The highest BCUT2D eigenvalue weighted by Crippen LogP contribution is 2.03. The molecule has 1 aromatic heterocycles. The third-order valence-corrected chi connectivity index (χ3v) is 2.33. The molecule has 96 valence electrons. The number of carbonyl (C=O) groups is 1. The van der Waals surface area contributed by atoms with Crippen LogP contribution in [-0.2, 0) is 17.9 Å². The second kappa shape index (κ2) is 6.34. The molecule has 0 radical (unpaired) electrons. The molecule has 1 atom stereocenters. The minimum atomic E-state index is -0.0494. The van der Waals surface area contributed by atoms with Crippen LogP contribution in [0.2, 0.25) is 0 Å². The van der Waals surface area contributed by atoms with E-state index < -0.39 is 0 Å². The molecule has 0 aromatic carbocycles. The van der Waals surface area contributed by atoms with Gasteiger partial charge in [0.2, 0.25) is 5.91 Å². The summed E-state index contributed by atoms with van der Waals surface area (Å²) < 4.78 is 1.50. The lowest BCUT2D eigenvalue weighted by molar-refractivity contribution is -0.122. The van der Waals surface area contributed by atoms with Gasteiger partial charge in [-0.25, -0.2) is 4.68 Å². The Morgan fingerprint density at radius 2 is 2.24 bits per heavy atom. The number of nitrogens with two attached hydrogens (primary N) is 1. The first-order valence-corrected chi connectivity index (χ1v) is 5.89. The molecule has 1 heterocycles. The van der Waals surface area contributed by atoms with E-state index in [9.17, 15) is 4.79 Å². The second-order valence-corrected chi connectivity index (χ2v) is 4.71. The first kappa shape index (κ1) is 13.6. The highest BCUT2D eigenvalue weighted by Gasteiger charge is 2.10. The van der Waals surface area contributed by atoms with Gasteiger partial charge in [0.05, 0.1) is 11.9 Å². The Morgan fingerprint density at radius 3 is 2.76 bits per heavy atom. The topological polar surface area (TPSA) is 85.8 Å². The van der Waals surface area contributed by atoms with E-state index in [0.29, 0.717) is 18.2 Å². The van der Waals surface area contributed by atoms with Crippen molar-refractivity contribution in [2.75, 3.05) is 0 Å². The van der Waals surface area contributed by atoms with Crippen molar-refractivity contribution in [3.05, 3.63) is 11.9 Å². The number of amides is 1. The predicted molar refractivity (Wildman–Crippen MR) is 65.0 cm³/mol. The molecule has 0 spiro atoms. The Kier molecular flexibility index (Phi) is 5.09. The molecule has 1 unspecified atom stereocenters. The van der Waals surface area contributed by atoms with E-state index >= 15 is 0 Å². The summed E-state index contributed by atoms with van der Waals surface area (Å²) in [7, 11) is 0. The maximum Gasteiger partial charge on any atom is 0.242 e. The van der Waals surface area contributed by atoms with Crippen LogP contribution in [0.25, 0.3) is 0 Å². The average Bonchev–Trinajstić information content (AvgIpc) is 2.63. The molecule has 1 amide bonds. The summed E-state index contributed by atoms with van der Waals surface area (Å²) in [6.07, 6.45) is 2.66. The average molecular weight is 239 g/mol. The first-order chi connectivity index (χ1) is 8.01. The number of carbonyl (C=O) groups excluding carboxylic acids is 1. The molecular formula is C11H21N5O. The number of nitrogens with zero attached hydrogens (tertiary/aromatic N) is 3. The van der Waals surface area contributed by atoms with Crippen molar-refractivity contribution in [3.63, 3.8) is 0 Å². The maximum atomic E-state index is 11.7. The van der Waals surface area contributed by atoms with Gasteiger partial charge in [-0.3, -0.25) is 4.79 Å². The van der Waals surface area contributed by atoms with Crippen molar-refractivity contribution in [1.29, 1.82) is 0 Å². The predicted octanol–water partition coefficient (Wildman–Crippen LogP) is 0.288. The third kappa shape index (κ3) is 4.95. The van der Waals surface area contributed by atoms with E-state index in [0.717, 1.165) is 6.42 Å². The van der Waals surface area contributed by atoms with Crippen molar-refractivity contribution < 1.29 is 4.79 Å². The van der Waals surface area contributed by atoms with Gasteiger partial charge in [-0.15, -0.1) is 5.10 Å². The lowest BCUT2D eigenvalue weighted by Gasteiger charge is -2.15. The molecule has 0 saturated heterocycles. The highest BCUT2D eigenvalue weighted by atomic mass is 16.2. The normalized spacial score (nSPS) is 12.8. The van der Waals surface area contributed by atoms with Gasteiger partial charge in [0.1, 0.15) is 6.54 Å². The zero-order valence-corrected chi connectivity index (χ0v) is 10.7. The lowest BCUT2D eigenvalue weighted by Crippen LogP contribution is -2.36. The molecule has 0 aliphatic heterocycles. The fraction of sp³-hybridized carbons (Fsp3) is 0.727. The fourth-order valence-corrected chi connectivity index (χ4v) is 1.74. The quantitative estimate of drug-likeness (QED) is 0.747. The molecule has 0 aliphatic rings. The van der Waals surface area contributed by atoms with E-state index in [1.54, 1.807) is 6.20 Å². The van der Waals surface area contributed by atoms with Crippen molar-refractivity contribution in [3.8, 4) is 0 Å². The molecule has 0 bridgehead atoms. The first-order valence-electron chi connectivity index (χ1n) is 5.89. The van der Waals surface area contributed by atoms with Gasteiger partial charge in [0.15, 0.2) is 0 Å². The van der Waals surface area contributed by atoms with Crippen LogP contribution in [-0.4, -0.2) is 26.9 Å². The van der Waals surface area contributed by atoms with Crippen LogP contribution in [0.3, 0.4) is 0 Å². The summed E-state index contributed by atoms with van der Waals surface area (Å²) >= 11 is 0. The molecule has 1 aromatic rings. The van der Waals surface area contributed by atoms with Crippen LogP contribution in [0, 0.1) is 5.92 Å². The zero-order chi connectivity index (χ0) is 12.8. The smallest absolute Gasteiger partial charge is 0.242 e. The van der Waals surface area contributed by atoms with Crippen LogP contribution >= 0.6 is 0 Å². The summed E-state index contributed by atoms with van der Waals surface area (Å²) in [5, 5.41) is 10.6. The minimum absolute atomic E-state index is 0.0494. The highest BCUT2D eigenvalue weighted by molar-refractivity contribution is 5.75. The van der Waals surface area contributed by atoms with E-state index in [-0.39, 0.29) is 18.5 Å². The molecule has 0 fully saturated rings. The van der Waals surface area contributed by atoms with Gasteiger partial charge >= 0.3 is 0 Å².